The lowest BCUT2D eigenvalue weighted by atomic mass is 9.91. The van der Waals surface area contributed by atoms with Crippen LogP contribution in [-0.4, -0.2) is 34.7 Å². The fourth-order valence-corrected chi connectivity index (χ4v) is 4.79. The van der Waals surface area contributed by atoms with Crippen molar-refractivity contribution in [3.8, 4) is 0 Å². The Labute approximate surface area is 169 Å². The van der Waals surface area contributed by atoms with Crippen LogP contribution >= 0.6 is 0 Å². The largest absolute Gasteiger partial charge is 0.358 e. The highest BCUT2D eigenvalue weighted by Crippen LogP contribution is 2.33. The van der Waals surface area contributed by atoms with E-state index in [1.54, 1.807) is 12.1 Å². The number of para-hydroxylation sites is 1. The van der Waals surface area contributed by atoms with Crippen molar-refractivity contribution in [2.75, 3.05) is 19.6 Å². The fourth-order valence-electron chi connectivity index (χ4n) is 4.79. The van der Waals surface area contributed by atoms with E-state index < -0.39 is 0 Å². The zero-order valence-electron chi connectivity index (χ0n) is 16.7. The summed E-state index contributed by atoms with van der Waals surface area (Å²) in [6.45, 7) is 5.40. The van der Waals surface area contributed by atoms with Crippen LogP contribution in [0.2, 0.25) is 0 Å². The molecule has 29 heavy (non-hydrogen) atoms. The lowest BCUT2D eigenvalue weighted by molar-refractivity contribution is 0.207. The van der Waals surface area contributed by atoms with Gasteiger partial charge in [0.15, 0.2) is 5.58 Å². The first-order valence-electron chi connectivity index (χ1n) is 10.5. The maximum absolute atomic E-state index is 13.6. The van der Waals surface area contributed by atoms with Gasteiger partial charge in [-0.25, -0.2) is 4.39 Å². The molecule has 4 nitrogen and oxygen atoms in total. The Hall–Kier alpha value is -2.66. The minimum atomic E-state index is -0.230. The normalized spacial score (nSPS) is 16.2. The third-order valence-electron chi connectivity index (χ3n) is 6.36. The number of halogens is 1. The number of aryl methyl sites for hydroxylation is 2. The molecule has 0 amide bonds. The second-order valence-corrected chi connectivity index (χ2v) is 8.20. The van der Waals surface area contributed by atoms with Crippen molar-refractivity contribution in [1.82, 2.24) is 15.0 Å². The third kappa shape index (κ3) is 3.55. The van der Waals surface area contributed by atoms with Gasteiger partial charge in [-0.3, -0.25) is 0 Å². The van der Waals surface area contributed by atoms with Crippen molar-refractivity contribution in [2.24, 2.45) is 0 Å². The van der Waals surface area contributed by atoms with Crippen molar-refractivity contribution in [3.63, 3.8) is 0 Å². The Bertz CT molecular complexity index is 1140. The summed E-state index contributed by atoms with van der Waals surface area (Å²) in [4.78, 5) is 6.04. The number of aromatic amines is 1. The topological polar surface area (TPSA) is 45.1 Å². The third-order valence-corrected chi connectivity index (χ3v) is 6.36. The first kappa shape index (κ1) is 18.4. The standard InChI is InChI=1S/C24H26FN3O/c1-16-19(20-5-2-3-7-22(20)26-16)6-4-12-28-13-10-17(11-14-28)24-21-15-18(25)8-9-23(21)29-27-24/h2-3,5,7-9,15,17,26H,4,6,10-14H2,1H3. The summed E-state index contributed by atoms with van der Waals surface area (Å²) in [5.74, 6) is 0.122. The van der Waals surface area contributed by atoms with Crippen molar-refractivity contribution in [3.05, 3.63) is 65.2 Å². The summed E-state index contributed by atoms with van der Waals surface area (Å²) in [5.41, 5.74) is 5.57. The van der Waals surface area contributed by atoms with E-state index in [-0.39, 0.29) is 5.82 Å². The lowest BCUT2D eigenvalue weighted by Gasteiger charge is -2.31. The van der Waals surface area contributed by atoms with Gasteiger partial charge in [0, 0.05) is 27.9 Å². The number of rotatable bonds is 5. The van der Waals surface area contributed by atoms with E-state index >= 15 is 0 Å². The van der Waals surface area contributed by atoms with Gasteiger partial charge in [0.25, 0.3) is 0 Å². The number of nitrogens with zero attached hydrogens (tertiary/aromatic N) is 2. The van der Waals surface area contributed by atoms with Crippen molar-refractivity contribution >= 4 is 21.9 Å². The zero-order valence-corrected chi connectivity index (χ0v) is 16.7. The highest BCUT2D eigenvalue weighted by molar-refractivity contribution is 5.84. The molecular weight excluding hydrogens is 365 g/mol. The van der Waals surface area contributed by atoms with Gasteiger partial charge in [-0.15, -0.1) is 0 Å². The molecule has 0 bridgehead atoms. The quantitative estimate of drug-likeness (QED) is 0.484. The molecule has 0 aliphatic carbocycles. The Balaban J connectivity index is 1.18. The fraction of sp³-hybridized carbons (Fsp3) is 0.375. The van der Waals surface area contributed by atoms with Crippen LogP contribution in [0.3, 0.4) is 0 Å². The highest BCUT2D eigenvalue weighted by atomic mass is 19.1. The number of H-pyrrole nitrogens is 1. The van der Waals surface area contributed by atoms with E-state index in [9.17, 15) is 4.39 Å². The van der Waals surface area contributed by atoms with Crippen molar-refractivity contribution in [2.45, 2.75) is 38.5 Å². The number of nitrogens with one attached hydrogen (secondary N) is 1. The van der Waals surface area contributed by atoms with E-state index in [0.29, 0.717) is 11.5 Å². The van der Waals surface area contributed by atoms with Crippen LogP contribution in [0.15, 0.2) is 47.0 Å². The van der Waals surface area contributed by atoms with Crippen LogP contribution in [0.5, 0.6) is 0 Å². The minimum absolute atomic E-state index is 0.230. The van der Waals surface area contributed by atoms with Gasteiger partial charge in [-0.2, -0.15) is 0 Å². The first-order valence-corrected chi connectivity index (χ1v) is 10.5. The number of piperidine rings is 1. The zero-order chi connectivity index (χ0) is 19.8. The summed E-state index contributed by atoms with van der Waals surface area (Å²) in [6.07, 6.45) is 4.35. The second kappa shape index (κ2) is 7.64. The maximum atomic E-state index is 13.6. The number of hydrogen-bond acceptors (Lipinski definition) is 3. The van der Waals surface area contributed by atoms with E-state index in [1.807, 2.05) is 0 Å². The first-order chi connectivity index (χ1) is 14.2. The number of benzene rings is 2. The van der Waals surface area contributed by atoms with Gasteiger partial charge in [-0.05, 0) is 82.1 Å². The van der Waals surface area contributed by atoms with Gasteiger partial charge in [0.1, 0.15) is 5.82 Å². The SMILES string of the molecule is Cc1[nH]c2ccccc2c1CCCN1CCC(c2noc3ccc(F)cc23)CC1. The lowest BCUT2D eigenvalue weighted by Crippen LogP contribution is -2.34. The molecule has 1 fully saturated rings. The minimum Gasteiger partial charge on any atom is -0.358 e. The Morgan fingerprint density at radius 2 is 1.97 bits per heavy atom. The van der Waals surface area contributed by atoms with E-state index in [0.717, 1.165) is 56.4 Å². The van der Waals surface area contributed by atoms with Crippen LogP contribution in [0.25, 0.3) is 21.9 Å². The van der Waals surface area contributed by atoms with Gasteiger partial charge >= 0.3 is 0 Å². The molecule has 0 spiro atoms. The average molecular weight is 391 g/mol. The van der Waals surface area contributed by atoms with Gasteiger partial charge in [0.2, 0.25) is 0 Å². The molecular formula is C24H26FN3O. The summed E-state index contributed by atoms with van der Waals surface area (Å²) in [7, 11) is 0. The van der Waals surface area contributed by atoms with Crippen LogP contribution in [-0.2, 0) is 6.42 Å². The predicted octanol–water partition coefficient (Wildman–Crippen LogP) is 5.57. The molecule has 0 unspecified atom stereocenters. The predicted molar refractivity (Wildman–Crippen MR) is 114 cm³/mol. The van der Waals surface area contributed by atoms with Crippen LogP contribution in [0, 0.1) is 12.7 Å². The molecule has 0 atom stereocenters. The molecule has 0 saturated carbocycles. The molecule has 1 aliphatic heterocycles. The summed E-state index contributed by atoms with van der Waals surface area (Å²) in [6, 6.07) is 13.2. The van der Waals surface area contributed by atoms with Crippen molar-refractivity contribution < 1.29 is 8.91 Å². The van der Waals surface area contributed by atoms with E-state index in [1.165, 1.54) is 28.2 Å². The number of aromatic nitrogens is 2. The number of likely N-dealkylation sites (tertiary alicyclic amines) is 1. The average Bonchev–Trinajstić information content (AvgIpc) is 3.29. The van der Waals surface area contributed by atoms with Crippen LogP contribution < -0.4 is 0 Å². The van der Waals surface area contributed by atoms with Crippen LogP contribution in [0.1, 0.15) is 42.1 Å². The molecule has 1 saturated heterocycles. The molecule has 5 heteroatoms. The molecule has 2 aromatic carbocycles. The summed E-state index contributed by atoms with van der Waals surface area (Å²) >= 11 is 0. The van der Waals surface area contributed by atoms with Crippen LogP contribution in [0.4, 0.5) is 4.39 Å². The van der Waals surface area contributed by atoms with Gasteiger partial charge in [0.05, 0.1) is 5.69 Å². The molecule has 3 heterocycles. The molecule has 0 radical (unpaired) electrons. The number of hydrogen-bond donors (Lipinski definition) is 1. The van der Waals surface area contributed by atoms with E-state index in [2.05, 4.69) is 46.2 Å². The van der Waals surface area contributed by atoms with Gasteiger partial charge < -0.3 is 14.4 Å². The Morgan fingerprint density at radius 3 is 2.83 bits per heavy atom. The smallest absolute Gasteiger partial charge is 0.167 e. The Kier molecular flexibility index (Phi) is 4.84. The molecule has 1 N–H and O–H groups in total. The molecule has 5 rings (SSSR count). The molecule has 2 aromatic heterocycles. The number of fused-ring (bicyclic) bond motifs is 2. The monoisotopic (exact) mass is 391 g/mol. The second-order valence-electron chi connectivity index (χ2n) is 8.20. The maximum Gasteiger partial charge on any atom is 0.167 e. The molecule has 4 aromatic rings. The summed E-state index contributed by atoms with van der Waals surface area (Å²) in [5, 5.41) is 6.44. The molecule has 1 aliphatic rings. The molecule has 150 valence electrons. The van der Waals surface area contributed by atoms with Gasteiger partial charge in [-0.1, -0.05) is 23.4 Å². The van der Waals surface area contributed by atoms with E-state index in [4.69, 9.17) is 4.52 Å². The highest BCUT2D eigenvalue weighted by Gasteiger charge is 2.25. The van der Waals surface area contributed by atoms with Crippen molar-refractivity contribution in [1.29, 1.82) is 0 Å². The summed E-state index contributed by atoms with van der Waals surface area (Å²) < 4.78 is 19.0. The Morgan fingerprint density at radius 1 is 1.14 bits per heavy atom.